The number of methoxy groups -OCH3 is 1. The molecule has 0 atom stereocenters. The highest BCUT2D eigenvalue weighted by Gasteiger charge is 2.17. The molecule has 0 aliphatic carbocycles. The number of halogens is 1. The van der Waals surface area contributed by atoms with Gasteiger partial charge in [-0.15, -0.1) is 0 Å². The van der Waals surface area contributed by atoms with Gasteiger partial charge in [-0.2, -0.15) is 0 Å². The van der Waals surface area contributed by atoms with Crippen molar-refractivity contribution >= 4 is 28.9 Å². The van der Waals surface area contributed by atoms with E-state index in [1.165, 1.54) is 18.2 Å². The number of nitro groups is 1. The summed E-state index contributed by atoms with van der Waals surface area (Å²) >= 11 is 5.78. The molecule has 2 aromatic carbocycles. The molecule has 0 unspecified atom stereocenters. The lowest BCUT2D eigenvalue weighted by Crippen LogP contribution is -2.30. The molecule has 0 radical (unpaired) electrons. The number of anilines is 1. The molecular formula is C19H22ClN3O5. The summed E-state index contributed by atoms with van der Waals surface area (Å²) in [5.74, 6) is 0.906. The molecule has 0 fully saturated rings. The van der Waals surface area contributed by atoms with Crippen LogP contribution in [-0.2, 0) is 11.3 Å². The molecule has 0 spiro atoms. The minimum absolute atomic E-state index is 0.0509. The molecule has 150 valence electrons. The average molecular weight is 408 g/mol. The van der Waals surface area contributed by atoms with Gasteiger partial charge in [0, 0.05) is 17.6 Å². The van der Waals surface area contributed by atoms with Crippen LogP contribution in [0.3, 0.4) is 0 Å². The van der Waals surface area contributed by atoms with Gasteiger partial charge in [-0.1, -0.05) is 17.7 Å². The molecule has 0 saturated carbocycles. The van der Waals surface area contributed by atoms with Gasteiger partial charge in [0.1, 0.15) is 5.69 Å². The summed E-state index contributed by atoms with van der Waals surface area (Å²) in [6, 6.07) is 9.67. The first-order valence-corrected chi connectivity index (χ1v) is 8.93. The zero-order valence-electron chi connectivity index (χ0n) is 15.9. The Balaban J connectivity index is 2.01. The summed E-state index contributed by atoms with van der Waals surface area (Å²) in [6.07, 6.45) is 0. The predicted molar refractivity (Wildman–Crippen MR) is 107 cm³/mol. The number of nitrogens with one attached hydrogen (secondary N) is 1. The molecule has 0 saturated heterocycles. The highest BCUT2D eigenvalue weighted by Crippen LogP contribution is 2.29. The van der Waals surface area contributed by atoms with E-state index in [0.717, 1.165) is 5.56 Å². The second-order valence-corrected chi connectivity index (χ2v) is 6.49. The van der Waals surface area contributed by atoms with E-state index in [-0.39, 0.29) is 28.8 Å². The molecule has 1 N–H and O–H groups in total. The van der Waals surface area contributed by atoms with Crippen molar-refractivity contribution in [2.75, 3.05) is 32.6 Å². The fourth-order valence-corrected chi connectivity index (χ4v) is 2.82. The van der Waals surface area contributed by atoms with Gasteiger partial charge in [0.05, 0.1) is 25.2 Å². The largest absolute Gasteiger partial charge is 0.493 e. The third-order valence-electron chi connectivity index (χ3n) is 3.82. The van der Waals surface area contributed by atoms with E-state index in [1.54, 1.807) is 19.1 Å². The number of amides is 1. The molecule has 0 bridgehead atoms. The number of nitro benzene ring substituents is 1. The third kappa shape index (κ3) is 5.83. The monoisotopic (exact) mass is 407 g/mol. The van der Waals surface area contributed by atoms with E-state index in [4.69, 9.17) is 21.1 Å². The van der Waals surface area contributed by atoms with Crippen molar-refractivity contribution in [3.63, 3.8) is 0 Å². The van der Waals surface area contributed by atoms with Gasteiger partial charge in [-0.05, 0) is 43.8 Å². The highest BCUT2D eigenvalue weighted by molar-refractivity contribution is 6.31. The minimum Gasteiger partial charge on any atom is -0.493 e. The van der Waals surface area contributed by atoms with Crippen LogP contribution in [0.5, 0.6) is 11.5 Å². The number of benzene rings is 2. The molecule has 0 aliphatic heterocycles. The molecule has 9 heteroatoms. The van der Waals surface area contributed by atoms with Crippen molar-refractivity contribution in [2.45, 2.75) is 13.5 Å². The summed E-state index contributed by atoms with van der Waals surface area (Å²) in [5, 5.41) is 13.9. The topological polar surface area (TPSA) is 93.9 Å². The summed E-state index contributed by atoms with van der Waals surface area (Å²) in [5.41, 5.74) is 0.795. The van der Waals surface area contributed by atoms with Crippen LogP contribution in [0.4, 0.5) is 11.4 Å². The molecule has 0 heterocycles. The number of hydrogen-bond acceptors (Lipinski definition) is 6. The van der Waals surface area contributed by atoms with Gasteiger partial charge in [0.2, 0.25) is 5.91 Å². The molecule has 2 rings (SSSR count). The van der Waals surface area contributed by atoms with Gasteiger partial charge in [0.25, 0.3) is 5.69 Å². The van der Waals surface area contributed by atoms with Gasteiger partial charge >= 0.3 is 0 Å². The third-order valence-corrected chi connectivity index (χ3v) is 4.06. The van der Waals surface area contributed by atoms with E-state index in [0.29, 0.717) is 24.7 Å². The van der Waals surface area contributed by atoms with E-state index in [2.05, 4.69) is 5.32 Å². The van der Waals surface area contributed by atoms with Gasteiger partial charge in [0.15, 0.2) is 11.5 Å². The summed E-state index contributed by atoms with van der Waals surface area (Å²) < 4.78 is 10.8. The number of carbonyl (C=O) groups is 1. The Labute approximate surface area is 168 Å². The molecule has 0 aliphatic rings. The number of nitrogens with zero attached hydrogens (tertiary/aromatic N) is 2. The molecule has 28 heavy (non-hydrogen) atoms. The lowest BCUT2D eigenvalue weighted by molar-refractivity contribution is -0.383. The van der Waals surface area contributed by atoms with Crippen LogP contribution in [0.1, 0.15) is 12.5 Å². The zero-order valence-corrected chi connectivity index (χ0v) is 16.7. The number of ether oxygens (including phenoxy) is 2. The fraction of sp³-hybridized carbons (Fsp3) is 0.316. The van der Waals surface area contributed by atoms with Crippen LogP contribution in [-0.4, -0.2) is 43.0 Å². The number of rotatable bonds is 9. The lowest BCUT2D eigenvalue weighted by atomic mass is 10.2. The van der Waals surface area contributed by atoms with Crippen molar-refractivity contribution in [3.05, 3.63) is 57.1 Å². The Kier molecular flexibility index (Phi) is 7.60. The molecular weight excluding hydrogens is 386 g/mol. The molecule has 8 nitrogen and oxygen atoms in total. The van der Waals surface area contributed by atoms with Crippen molar-refractivity contribution in [1.29, 1.82) is 0 Å². The second-order valence-electron chi connectivity index (χ2n) is 6.06. The summed E-state index contributed by atoms with van der Waals surface area (Å²) in [4.78, 5) is 24.6. The number of hydrogen-bond donors (Lipinski definition) is 1. The first-order chi connectivity index (χ1) is 13.3. The maximum absolute atomic E-state index is 12.3. The van der Waals surface area contributed by atoms with Crippen molar-refractivity contribution in [1.82, 2.24) is 4.90 Å². The smallest absolute Gasteiger partial charge is 0.294 e. The van der Waals surface area contributed by atoms with Gasteiger partial charge < -0.3 is 14.8 Å². The Hall–Kier alpha value is -2.84. The van der Waals surface area contributed by atoms with Crippen LogP contribution in [0.15, 0.2) is 36.4 Å². The molecule has 0 aromatic heterocycles. The van der Waals surface area contributed by atoms with Crippen LogP contribution in [0.25, 0.3) is 0 Å². The average Bonchev–Trinajstić information content (AvgIpc) is 2.64. The molecule has 1 amide bonds. The summed E-state index contributed by atoms with van der Waals surface area (Å²) in [7, 11) is 3.34. The maximum atomic E-state index is 12.3. The zero-order chi connectivity index (χ0) is 20.7. The molecule has 2 aromatic rings. The quantitative estimate of drug-likeness (QED) is 0.502. The van der Waals surface area contributed by atoms with Crippen molar-refractivity contribution < 1.29 is 19.2 Å². The van der Waals surface area contributed by atoms with E-state index >= 15 is 0 Å². The SMILES string of the molecule is CCOc1ccc(CN(C)CC(=O)Nc2ccc(Cl)cc2[N+](=O)[O-])cc1OC. The second kappa shape index (κ2) is 9.91. The van der Waals surface area contributed by atoms with Crippen LogP contribution >= 0.6 is 11.6 Å². The standard InChI is InChI=1S/C19H22ClN3O5/c1-4-28-17-8-5-13(9-18(17)27-3)11-22(2)12-19(24)21-15-7-6-14(20)10-16(15)23(25)26/h5-10H,4,11-12H2,1-3H3,(H,21,24). The van der Waals surface area contributed by atoms with Crippen LogP contribution < -0.4 is 14.8 Å². The predicted octanol–water partition coefficient (Wildman–Crippen LogP) is 3.73. The first-order valence-electron chi connectivity index (χ1n) is 8.56. The summed E-state index contributed by atoms with van der Waals surface area (Å²) in [6.45, 7) is 2.96. The lowest BCUT2D eigenvalue weighted by Gasteiger charge is -2.18. The van der Waals surface area contributed by atoms with Crippen LogP contribution in [0.2, 0.25) is 5.02 Å². The Morgan fingerprint density at radius 3 is 2.64 bits per heavy atom. The van der Waals surface area contributed by atoms with Gasteiger partial charge in [-0.3, -0.25) is 19.8 Å². The maximum Gasteiger partial charge on any atom is 0.294 e. The van der Waals surface area contributed by atoms with E-state index in [9.17, 15) is 14.9 Å². The Bertz CT molecular complexity index is 859. The minimum atomic E-state index is -0.586. The van der Waals surface area contributed by atoms with E-state index in [1.807, 2.05) is 25.1 Å². The fourth-order valence-electron chi connectivity index (χ4n) is 2.65. The normalized spacial score (nSPS) is 10.6. The highest BCUT2D eigenvalue weighted by atomic mass is 35.5. The number of carbonyl (C=O) groups excluding carboxylic acids is 1. The number of likely N-dealkylation sites (N-methyl/N-ethyl adjacent to an activating group) is 1. The first kappa shape index (κ1) is 21.5. The van der Waals surface area contributed by atoms with Crippen molar-refractivity contribution in [2.24, 2.45) is 0 Å². The van der Waals surface area contributed by atoms with Gasteiger partial charge in [-0.25, -0.2) is 0 Å². The Morgan fingerprint density at radius 1 is 1.25 bits per heavy atom. The van der Waals surface area contributed by atoms with Crippen molar-refractivity contribution in [3.8, 4) is 11.5 Å². The van der Waals surface area contributed by atoms with E-state index < -0.39 is 4.92 Å². The van der Waals surface area contributed by atoms with Crippen LogP contribution in [0, 0.1) is 10.1 Å². The Morgan fingerprint density at radius 2 is 2.00 bits per heavy atom.